The second-order valence-corrected chi connectivity index (χ2v) is 4.86. The van der Waals surface area contributed by atoms with E-state index in [2.05, 4.69) is 5.32 Å². The predicted octanol–water partition coefficient (Wildman–Crippen LogP) is 1.53. The summed E-state index contributed by atoms with van der Waals surface area (Å²) in [6, 6.07) is 1.63. The van der Waals surface area contributed by atoms with Crippen molar-refractivity contribution in [3.63, 3.8) is 0 Å². The molecule has 0 aromatic heterocycles. The van der Waals surface area contributed by atoms with Crippen molar-refractivity contribution in [3.8, 4) is 0 Å². The lowest BCUT2D eigenvalue weighted by molar-refractivity contribution is -0.141. The van der Waals surface area contributed by atoms with Gasteiger partial charge in [0, 0.05) is 13.0 Å². The summed E-state index contributed by atoms with van der Waals surface area (Å²) >= 11 is 5.77. The molecule has 2 rings (SSSR count). The van der Waals surface area contributed by atoms with Gasteiger partial charge in [-0.3, -0.25) is 0 Å². The third-order valence-corrected chi connectivity index (χ3v) is 3.31. The van der Waals surface area contributed by atoms with E-state index in [4.69, 9.17) is 16.7 Å². The van der Waals surface area contributed by atoms with Crippen molar-refractivity contribution in [1.82, 2.24) is 4.90 Å². The molecule has 0 radical (unpaired) electrons. The molecule has 20 heavy (non-hydrogen) atoms. The average molecular weight is 303 g/mol. The van der Waals surface area contributed by atoms with Crippen molar-refractivity contribution in [3.05, 3.63) is 29.0 Å². The van der Waals surface area contributed by atoms with Crippen molar-refractivity contribution in [1.29, 1.82) is 0 Å². The van der Waals surface area contributed by atoms with E-state index >= 15 is 0 Å². The summed E-state index contributed by atoms with van der Waals surface area (Å²) in [5.74, 6) is -1.74. The number of urea groups is 1. The van der Waals surface area contributed by atoms with E-state index in [-0.39, 0.29) is 23.7 Å². The third-order valence-electron chi connectivity index (χ3n) is 3.00. The van der Waals surface area contributed by atoms with Crippen LogP contribution in [0.1, 0.15) is 6.42 Å². The van der Waals surface area contributed by atoms with E-state index in [1.165, 1.54) is 6.07 Å². The van der Waals surface area contributed by atoms with Crippen LogP contribution in [0.4, 0.5) is 14.9 Å². The summed E-state index contributed by atoms with van der Waals surface area (Å²) in [5.41, 5.74) is 0.170. The van der Waals surface area contributed by atoms with Crippen LogP contribution in [-0.4, -0.2) is 45.8 Å². The topological polar surface area (TPSA) is 89.9 Å². The van der Waals surface area contributed by atoms with Crippen molar-refractivity contribution in [2.45, 2.75) is 18.6 Å². The molecule has 1 aliphatic heterocycles. The summed E-state index contributed by atoms with van der Waals surface area (Å²) in [5, 5.41) is 20.9. The first kappa shape index (κ1) is 14.5. The fourth-order valence-corrected chi connectivity index (χ4v) is 2.26. The highest BCUT2D eigenvalue weighted by Gasteiger charge is 2.39. The normalized spacial score (nSPS) is 21.9. The molecular weight excluding hydrogens is 291 g/mol. The summed E-state index contributed by atoms with van der Waals surface area (Å²) in [6.07, 6.45) is -0.912. The molecule has 6 nitrogen and oxygen atoms in total. The van der Waals surface area contributed by atoms with E-state index < -0.39 is 30.0 Å². The molecule has 0 spiro atoms. The molecule has 2 atom stereocenters. The van der Waals surface area contributed by atoms with Crippen LogP contribution in [-0.2, 0) is 4.79 Å². The lowest BCUT2D eigenvalue weighted by atomic mass is 10.2. The SMILES string of the molecule is O=C(O)C1CC(O)CN1C(=O)Nc1ccc(F)cc1Cl. The summed E-state index contributed by atoms with van der Waals surface area (Å²) < 4.78 is 12.9. The first-order chi connectivity index (χ1) is 9.38. The maximum atomic E-state index is 12.9. The molecular formula is C12H12ClFN2O4. The number of carboxylic acid groups (broad SMARTS) is 1. The first-order valence-electron chi connectivity index (χ1n) is 5.82. The zero-order valence-corrected chi connectivity index (χ0v) is 11.0. The monoisotopic (exact) mass is 302 g/mol. The number of aliphatic hydroxyl groups excluding tert-OH is 1. The molecule has 0 bridgehead atoms. The lowest BCUT2D eigenvalue weighted by Crippen LogP contribution is -2.43. The zero-order valence-electron chi connectivity index (χ0n) is 10.2. The van der Waals surface area contributed by atoms with Gasteiger partial charge in [0.25, 0.3) is 0 Å². The number of carbonyl (C=O) groups is 2. The van der Waals surface area contributed by atoms with E-state index in [1.54, 1.807) is 0 Å². The van der Waals surface area contributed by atoms with E-state index in [0.717, 1.165) is 17.0 Å². The minimum absolute atomic E-state index is 0.00460. The Morgan fingerprint density at radius 2 is 2.15 bits per heavy atom. The minimum atomic E-state index is -1.19. The largest absolute Gasteiger partial charge is 0.480 e. The van der Waals surface area contributed by atoms with Crippen LogP contribution in [0.15, 0.2) is 18.2 Å². The fourth-order valence-electron chi connectivity index (χ4n) is 2.05. The number of nitrogens with one attached hydrogen (secondary N) is 1. The van der Waals surface area contributed by atoms with Crippen molar-refractivity contribution in [2.75, 3.05) is 11.9 Å². The highest BCUT2D eigenvalue weighted by Crippen LogP contribution is 2.24. The molecule has 1 fully saturated rings. The van der Waals surface area contributed by atoms with Crippen LogP contribution >= 0.6 is 11.6 Å². The number of halogens is 2. The molecule has 2 unspecified atom stereocenters. The molecule has 8 heteroatoms. The van der Waals surface area contributed by atoms with E-state index in [1.807, 2.05) is 0 Å². The maximum absolute atomic E-state index is 12.9. The fraction of sp³-hybridized carbons (Fsp3) is 0.333. The summed E-state index contributed by atoms with van der Waals surface area (Å²) in [6.45, 7) is -0.0817. The van der Waals surface area contributed by atoms with Crippen LogP contribution < -0.4 is 5.32 Å². The molecule has 3 N–H and O–H groups in total. The Morgan fingerprint density at radius 3 is 2.75 bits per heavy atom. The number of benzene rings is 1. The number of amides is 2. The smallest absolute Gasteiger partial charge is 0.326 e. The van der Waals surface area contributed by atoms with E-state index in [9.17, 15) is 19.1 Å². The van der Waals surface area contributed by atoms with Crippen LogP contribution in [0.5, 0.6) is 0 Å². The molecule has 0 aliphatic carbocycles. The van der Waals surface area contributed by atoms with Gasteiger partial charge in [-0.05, 0) is 18.2 Å². The van der Waals surface area contributed by atoms with Gasteiger partial charge < -0.3 is 20.4 Å². The van der Waals surface area contributed by atoms with Crippen LogP contribution in [0.25, 0.3) is 0 Å². The number of carboxylic acids is 1. The third kappa shape index (κ3) is 3.00. The quantitative estimate of drug-likeness (QED) is 0.773. The Kier molecular flexibility index (Phi) is 4.10. The number of carbonyl (C=O) groups excluding carboxylic acids is 1. The van der Waals surface area contributed by atoms with Gasteiger partial charge in [-0.25, -0.2) is 14.0 Å². The number of aliphatic carboxylic acids is 1. The second kappa shape index (κ2) is 5.64. The van der Waals surface area contributed by atoms with Gasteiger partial charge in [0.2, 0.25) is 0 Å². The standard InChI is InChI=1S/C12H12ClFN2O4/c13-8-3-6(14)1-2-9(8)15-12(20)16-5-7(17)4-10(16)11(18)19/h1-3,7,10,17H,4-5H2,(H,15,20)(H,18,19). The molecule has 0 saturated carbocycles. The Balaban J connectivity index is 2.13. The van der Waals surface area contributed by atoms with Gasteiger partial charge in [0.15, 0.2) is 0 Å². The van der Waals surface area contributed by atoms with Gasteiger partial charge in [0.05, 0.1) is 16.8 Å². The minimum Gasteiger partial charge on any atom is -0.480 e. The van der Waals surface area contributed by atoms with Gasteiger partial charge in [-0.15, -0.1) is 0 Å². The highest BCUT2D eigenvalue weighted by molar-refractivity contribution is 6.33. The second-order valence-electron chi connectivity index (χ2n) is 4.45. The summed E-state index contributed by atoms with van der Waals surface area (Å²) in [7, 11) is 0. The molecule has 108 valence electrons. The Bertz CT molecular complexity index is 554. The lowest BCUT2D eigenvalue weighted by Gasteiger charge is -2.21. The van der Waals surface area contributed by atoms with Gasteiger partial charge in [0.1, 0.15) is 11.9 Å². The molecule has 1 aromatic carbocycles. The van der Waals surface area contributed by atoms with Crippen LogP contribution in [0, 0.1) is 5.82 Å². The number of rotatable bonds is 2. The zero-order chi connectivity index (χ0) is 14.9. The van der Waals surface area contributed by atoms with Crippen molar-refractivity contribution in [2.24, 2.45) is 0 Å². The van der Waals surface area contributed by atoms with Crippen molar-refractivity contribution < 1.29 is 24.2 Å². The van der Waals surface area contributed by atoms with Gasteiger partial charge >= 0.3 is 12.0 Å². The predicted molar refractivity (Wildman–Crippen MR) is 69.2 cm³/mol. The maximum Gasteiger partial charge on any atom is 0.326 e. The number of hydrogen-bond donors (Lipinski definition) is 3. The van der Waals surface area contributed by atoms with Gasteiger partial charge in [-0.2, -0.15) is 0 Å². The summed E-state index contributed by atoms with van der Waals surface area (Å²) in [4.78, 5) is 24.0. The Hall–Kier alpha value is -1.86. The van der Waals surface area contributed by atoms with Crippen LogP contribution in [0.3, 0.4) is 0 Å². The first-order valence-corrected chi connectivity index (χ1v) is 6.20. The highest BCUT2D eigenvalue weighted by atomic mass is 35.5. The van der Waals surface area contributed by atoms with Crippen LogP contribution in [0.2, 0.25) is 5.02 Å². The average Bonchev–Trinajstić information content (AvgIpc) is 2.75. The number of anilines is 1. The Labute approximate surface area is 118 Å². The number of hydrogen-bond acceptors (Lipinski definition) is 3. The van der Waals surface area contributed by atoms with Crippen molar-refractivity contribution >= 4 is 29.3 Å². The molecule has 1 heterocycles. The number of aliphatic hydroxyl groups is 1. The molecule has 1 saturated heterocycles. The Morgan fingerprint density at radius 1 is 1.45 bits per heavy atom. The molecule has 2 amide bonds. The molecule has 1 aromatic rings. The molecule has 1 aliphatic rings. The van der Waals surface area contributed by atoms with E-state index in [0.29, 0.717) is 0 Å². The number of nitrogens with zero attached hydrogens (tertiary/aromatic N) is 1. The number of β-amino-alcohol motifs (C(OH)–C–C–N with tert-alkyl or cyclic N) is 1. The van der Waals surface area contributed by atoms with Gasteiger partial charge in [-0.1, -0.05) is 11.6 Å². The number of likely N-dealkylation sites (tertiary alicyclic amines) is 1.